The fourth-order valence-corrected chi connectivity index (χ4v) is 4.06. The number of nitrogens with zero attached hydrogens (tertiary/aromatic N) is 4. The summed E-state index contributed by atoms with van der Waals surface area (Å²) in [5.41, 5.74) is 1.22. The molecule has 0 fully saturated rings. The van der Waals surface area contributed by atoms with Crippen LogP contribution in [-0.2, 0) is 19.2 Å². The zero-order chi connectivity index (χ0) is 31.9. The largest absolute Gasteiger partial charge is 0.507 e. The summed E-state index contributed by atoms with van der Waals surface area (Å²) in [6.07, 6.45) is 5.47. The Labute approximate surface area is 262 Å². The molecule has 1 aliphatic heterocycles. The molecule has 44 heavy (non-hydrogen) atoms. The highest BCUT2D eigenvalue weighted by atomic mass is 35.5. The van der Waals surface area contributed by atoms with Gasteiger partial charge in [0.1, 0.15) is 11.5 Å². The monoisotopic (exact) mass is 644 g/mol. The number of aliphatic imine (C=N–C) groups is 4. The average Bonchev–Trinajstić information content (AvgIpc) is 2.99. The molecule has 0 atom stereocenters. The quantitative estimate of drug-likeness (QED) is 0.222. The molecule has 4 bridgehead atoms. The van der Waals surface area contributed by atoms with Crippen molar-refractivity contribution in [3.8, 4) is 11.5 Å². The maximum absolute atomic E-state index is 12.0. The lowest BCUT2D eigenvalue weighted by Crippen LogP contribution is -2.41. The molecule has 16 heteroatoms. The van der Waals surface area contributed by atoms with E-state index >= 15 is 0 Å². The van der Waals surface area contributed by atoms with E-state index in [9.17, 15) is 29.4 Å². The number of phenols is 2. The predicted molar refractivity (Wildman–Crippen MR) is 168 cm³/mol. The first-order chi connectivity index (χ1) is 21.2. The van der Waals surface area contributed by atoms with Gasteiger partial charge in [-0.25, -0.2) is 0 Å². The van der Waals surface area contributed by atoms with Gasteiger partial charge < -0.3 is 31.5 Å². The molecular formula is C28H30Cl2N8O6. The van der Waals surface area contributed by atoms with Crippen molar-refractivity contribution in [2.45, 2.75) is 0 Å². The van der Waals surface area contributed by atoms with Crippen molar-refractivity contribution in [2.75, 3.05) is 52.4 Å². The van der Waals surface area contributed by atoms with E-state index in [1.165, 1.54) is 49.1 Å². The van der Waals surface area contributed by atoms with Crippen molar-refractivity contribution in [3.63, 3.8) is 0 Å². The molecule has 2 aromatic carbocycles. The Balaban J connectivity index is 1.70. The summed E-state index contributed by atoms with van der Waals surface area (Å²) in [6.45, 7) is 0.674. The summed E-state index contributed by atoms with van der Waals surface area (Å²) in [5.74, 6) is -3.66. The molecule has 14 nitrogen and oxygen atoms in total. The first-order valence-corrected chi connectivity index (χ1v) is 14.1. The fourth-order valence-electron chi connectivity index (χ4n) is 3.59. The molecule has 0 radical (unpaired) electrons. The minimum absolute atomic E-state index is 0.0555. The van der Waals surface area contributed by atoms with Gasteiger partial charge in [0.2, 0.25) is 0 Å². The number of phenolic OH excluding ortho intramolecular Hbond substituents is 2. The van der Waals surface area contributed by atoms with Crippen molar-refractivity contribution in [1.82, 2.24) is 21.3 Å². The van der Waals surface area contributed by atoms with Crippen molar-refractivity contribution in [2.24, 2.45) is 20.0 Å². The van der Waals surface area contributed by atoms with E-state index in [4.69, 9.17) is 23.2 Å². The first-order valence-electron chi connectivity index (χ1n) is 13.3. The van der Waals surface area contributed by atoms with Gasteiger partial charge in [-0.2, -0.15) is 0 Å². The van der Waals surface area contributed by atoms with E-state index in [2.05, 4.69) is 41.2 Å². The van der Waals surface area contributed by atoms with Crippen LogP contribution in [0.2, 0.25) is 10.0 Å². The van der Waals surface area contributed by atoms with Crippen LogP contribution in [0.4, 0.5) is 0 Å². The number of halogens is 2. The lowest BCUT2D eigenvalue weighted by molar-refractivity contribution is -0.139. The summed E-state index contributed by atoms with van der Waals surface area (Å²) >= 11 is 12.3. The number of carbonyl (C=O) groups is 4. The average molecular weight is 646 g/mol. The Morgan fingerprint density at radius 2 is 0.705 bits per heavy atom. The molecule has 6 N–H and O–H groups in total. The van der Waals surface area contributed by atoms with Crippen molar-refractivity contribution in [1.29, 1.82) is 0 Å². The third kappa shape index (κ3) is 10.8. The van der Waals surface area contributed by atoms with Gasteiger partial charge in [0.15, 0.2) is 0 Å². The van der Waals surface area contributed by atoms with Gasteiger partial charge in [-0.15, -0.1) is 0 Å². The van der Waals surface area contributed by atoms with Crippen LogP contribution >= 0.6 is 23.2 Å². The zero-order valence-electron chi connectivity index (χ0n) is 23.3. The lowest BCUT2D eigenvalue weighted by Gasteiger charge is -2.07. The van der Waals surface area contributed by atoms with Crippen molar-refractivity contribution >= 4 is 71.7 Å². The number of hydrogen-bond acceptors (Lipinski definition) is 10. The molecule has 1 aliphatic rings. The van der Waals surface area contributed by atoms with E-state index < -0.39 is 23.6 Å². The van der Waals surface area contributed by atoms with Gasteiger partial charge in [0.25, 0.3) is 0 Å². The maximum Gasteiger partial charge on any atom is 0.309 e. The highest BCUT2D eigenvalue weighted by molar-refractivity contribution is 6.35. The molecule has 0 saturated carbocycles. The van der Waals surface area contributed by atoms with Gasteiger partial charge in [0, 0.05) is 83.3 Å². The van der Waals surface area contributed by atoms with Crippen LogP contribution in [0.25, 0.3) is 0 Å². The van der Waals surface area contributed by atoms with Gasteiger partial charge in [-0.05, 0) is 24.3 Å². The van der Waals surface area contributed by atoms with E-state index in [0.717, 1.165) is 0 Å². The number of aromatic hydroxyl groups is 2. The smallest absolute Gasteiger partial charge is 0.309 e. The summed E-state index contributed by atoms with van der Waals surface area (Å²) in [6, 6.07) is 5.97. The highest BCUT2D eigenvalue weighted by Gasteiger charge is 2.13. The molecule has 2 aromatic rings. The predicted octanol–water partition coefficient (Wildman–Crippen LogP) is 0.259. The number of fused-ring (bicyclic) bond motifs is 4. The molecule has 1 heterocycles. The molecular weight excluding hydrogens is 615 g/mol. The topological polar surface area (TPSA) is 206 Å². The summed E-state index contributed by atoms with van der Waals surface area (Å²) < 4.78 is 0. The molecule has 0 saturated heterocycles. The highest BCUT2D eigenvalue weighted by Crippen LogP contribution is 2.26. The van der Waals surface area contributed by atoms with Crippen LogP contribution in [0.3, 0.4) is 0 Å². The zero-order valence-corrected chi connectivity index (χ0v) is 24.9. The number of hydrogen-bond donors (Lipinski definition) is 6. The molecule has 0 aromatic heterocycles. The third-order valence-corrected chi connectivity index (χ3v) is 6.14. The molecule has 0 aliphatic carbocycles. The van der Waals surface area contributed by atoms with E-state index in [1.54, 1.807) is 0 Å². The number of benzene rings is 2. The van der Waals surface area contributed by atoms with E-state index in [0.29, 0.717) is 32.3 Å². The number of nitrogens with one attached hydrogen (secondary N) is 4. The SMILES string of the molecule is O=C1NCCN=Cc2cc(Cl)cc(c2O)C=NCCNC(=O)C(=O)NCCN=Cc2cc(Cl)cc(c2O)C=NCCNC1=O. The minimum atomic E-state index is -0.847. The van der Waals surface area contributed by atoms with Crippen molar-refractivity contribution < 1.29 is 29.4 Å². The fraction of sp³-hybridized carbons (Fsp3) is 0.286. The molecule has 4 amide bonds. The Morgan fingerprint density at radius 1 is 0.477 bits per heavy atom. The van der Waals surface area contributed by atoms with Crippen LogP contribution < -0.4 is 21.3 Å². The maximum atomic E-state index is 12.0. The Hall–Kier alpha value is -4.82. The third-order valence-electron chi connectivity index (χ3n) is 5.71. The second-order valence-electron chi connectivity index (χ2n) is 9.03. The standard InChI is InChI=1S/C28H30Cl2N8O6/c29-21-9-17-13-31-1-5-35-25(41)26(42)36-6-2-33-15-19-11-22(30)12-20(24(19)40)16-34-4-8-38-28(44)27(43)37-7-3-32-14-18(10-21)23(17)39/h9-16,39-40H,1-8H2,(H,35,41)(H,36,42)(H,37,43)(H,38,44). The van der Waals surface area contributed by atoms with Gasteiger partial charge >= 0.3 is 23.6 Å². The number of carbonyl (C=O) groups excluding carboxylic acids is 4. The summed E-state index contributed by atoms with van der Waals surface area (Å²) in [7, 11) is 0. The normalized spacial score (nSPS) is 16.4. The van der Waals surface area contributed by atoms with E-state index in [1.807, 2.05) is 0 Å². The second-order valence-corrected chi connectivity index (χ2v) is 9.90. The summed E-state index contributed by atoms with van der Waals surface area (Å²) in [5, 5.41) is 31.5. The Bertz CT molecular complexity index is 1300. The minimum Gasteiger partial charge on any atom is -0.507 e. The molecule has 3 rings (SSSR count). The van der Waals surface area contributed by atoms with Crippen LogP contribution in [0, 0.1) is 0 Å². The number of rotatable bonds is 0. The second kappa shape index (κ2) is 17.3. The van der Waals surface area contributed by atoms with Crippen LogP contribution in [0.1, 0.15) is 22.3 Å². The van der Waals surface area contributed by atoms with Crippen molar-refractivity contribution in [3.05, 3.63) is 56.6 Å². The molecule has 232 valence electrons. The number of amides is 4. The summed E-state index contributed by atoms with van der Waals surface area (Å²) in [4.78, 5) is 64.8. The van der Waals surface area contributed by atoms with E-state index in [-0.39, 0.29) is 63.9 Å². The van der Waals surface area contributed by atoms with Crippen LogP contribution in [0.5, 0.6) is 11.5 Å². The molecule has 0 unspecified atom stereocenters. The first kappa shape index (κ1) is 33.7. The Morgan fingerprint density at radius 3 is 0.932 bits per heavy atom. The van der Waals surface area contributed by atoms with Crippen LogP contribution in [0.15, 0.2) is 44.2 Å². The van der Waals surface area contributed by atoms with Gasteiger partial charge in [-0.3, -0.25) is 39.1 Å². The molecule has 0 spiro atoms. The van der Waals surface area contributed by atoms with Crippen LogP contribution in [-0.4, -0.2) is 111 Å². The van der Waals surface area contributed by atoms with Gasteiger partial charge in [-0.1, -0.05) is 23.2 Å². The van der Waals surface area contributed by atoms with Gasteiger partial charge in [0.05, 0.1) is 26.2 Å². The lowest BCUT2D eigenvalue weighted by atomic mass is 10.1. The Kier molecular flexibility index (Phi) is 13.3.